The number of rotatable bonds is 9. The fourth-order valence-electron chi connectivity index (χ4n) is 5.79. The summed E-state index contributed by atoms with van der Waals surface area (Å²) in [5.74, 6) is 0.858. The number of aryl methyl sites for hydroxylation is 1. The molecule has 2 N–H and O–H groups in total. The van der Waals surface area contributed by atoms with Crippen molar-refractivity contribution in [3.63, 3.8) is 0 Å². The van der Waals surface area contributed by atoms with Gasteiger partial charge in [-0.15, -0.1) is 0 Å². The van der Waals surface area contributed by atoms with Crippen LogP contribution in [0, 0.1) is 5.92 Å². The Morgan fingerprint density at radius 1 is 1.10 bits per heavy atom. The Labute approximate surface area is 229 Å². The van der Waals surface area contributed by atoms with Crippen LogP contribution in [0.1, 0.15) is 31.0 Å². The number of carbonyl (C=O) groups is 1. The Kier molecular flexibility index (Phi) is 8.22. The molecule has 0 radical (unpaired) electrons. The third-order valence-corrected chi connectivity index (χ3v) is 9.67. The molecule has 210 valence electrons. The number of aromatic nitrogens is 2. The van der Waals surface area contributed by atoms with Crippen molar-refractivity contribution >= 4 is 27.0 Å². The largest absolute Gasteiger partial charge is 0.497 e. The number of likely N-dealkylation sites (tertiary alicyclic amines) is 1. The maximum absolute atomic E-state index is 13.7. The van der Waals surface area contributed by atoms with E-state index < -0.39 is 22.0 Å². The topological polar surface area (TPSA) is 120 Å². The summed E-state index contributed by atoms with van der Waals surface area (Å²) < 4.78 is 40.7. The minimum atomic E-state index is -3.81. The quantitative estimate of drug-likeness (QED) is 0.403. The van der Waals surface area contributed by atoms with E-state index in [0.717, 1.165) is 42.7 Å². The van der Waals surface area contributed by atoms with Crippen LogP contribution in [-0.4, -0.2) is 86.1 Å². The number of amides is 1. The zero-order valence-corrected chi connectivity index (χ0v) is 23.3. The Balaban J connectivity index is 1.32. The summed E-state index contributed by atoms with van der Waals surface area (Å²) in [7, 11) is -0.612. The molecule has 2 aliphatic rings. The van der Waals surface area contributed by atoms with E-state index in [2.05, 4.69) is 10.6 Å². The van der Waals surface area contributed by atoms with Crippen LogP contribution in [-0.2, 0) is 26.1 Å². The Bertz CT molecular complexity index is 1420. The van der Waals surface area contributed by atoms with E-state index in [-0.39, 0.29) is 29.8 Å². The van der Waals surface area contributed by atoms with Crippen molar-refractivity contribution in [1.29, 1.82) is 0 Å². The molecule has 3 heterocycles. The maximum atomic E-state index is 13.7. The van der Waals surface area contributed by atoms with Crippen molar-refractivity contribution in [2.24, 2.45) is 11.7 Å². The van der Waals surface area contributed by atoms with Gasteiger partial charge in [-0.05, 0) is 43.5 Å². The summed E-state index contributed by atoms with van der Waals surface area (Å²) in [5, 5.41) is 0. The molecule has 1 amide bonds. The second kappa shape index (κ2) is 11.6. The maximum Gasteiger partial charge on any atom is 0.243 e. The Morgan fingerprint density at radius 3 is 2.72 bits per heavy atom. The molecule has 2 aliphatic heterocycles. The highest BCUT2D eigenvalue weighted by Gasteiger charge is 2.43. The number of ether oxygens (including phenoxy) is 2. The van der Waals surface area contributed by atoms with Gasteiger partial charge in [-0.2, -0.15) is 4.31 Å². The van der Waals surface area contributed by atoms with Gasteiger partial charge in [0, 0.05) is 64.5 Å². The number of piperidine rings is 1. The number of sulfonamides is 1. The molecule has 3 aromatic rings. The number of nitrogens with zero attached hydrogens (tertiary/aromatic N) is 4. The molecule has 3 atom stereocenters. The van der Waals surface area contributed by atoms with Crippen molar-refractivity contribution in [3.8, 4) is 5.75 Å². The lowest BCUT2D eigenvalue weighted by Gasteiger charge is -2.35. The molecule has 2 fully saturated rings. The first-order chi connectivity index (χ1) is 18.8. The third kappa shape index (κ3) is 5.54. The minimum Gasteiger partial charge on any atom is -0.497 e. The van der Waals surface area contributed by atoms with E-state index in [1.165, 1.54) is 23.5 Å². The predicted molar refractivity (Wildman–Crippen MR) is 148 cm³/mol. The zero-order chi connectivity index (χ0) is 27.6. The van der Waals surface area contributed by atoms with Gasteiger partial charge in [0.25, 0.3) is 0 Å². The van der Waals surface area contributed by atoms with Crippen molar-refractivity contribution < 1.29 is 22.7 Å². The van der Waals surface area contributed by atoms with Crippen LogP contribution < -0.4 is 10.5 Å². The third-order valence-electron chi connectivity index (χ3n) is 7.84. The number of hydrogen-bond acceptors (Lipinski definition) is 7. The van der Waals surface area contributed by atoms with Crippen LogP contribution in [0.3, 0.4) is 0 Å². The van der Waals surface area contributed by atoms with Crippen LogP contribution in [0.5, 0.6) is 5.75 Å². The highest BCUT2D eigenvalue weighted by atomic mass is 32.2. The van der Waals surface area contributed by atoms with E-state index in [1.807, 2.05) is 23.1 Å². The normalized spacial score (nSPS) is 22.4. The van der Waals surface area contributed by atoms with Crippen molar-refractivity contribution in [2.45, 2.75) is 42.7 Å². The van der Waals surface area contributed by atoms with E-state index >= 15 is 0 Å². The first-order valence-corrected chi connectivity index (χ1v) is 14.9. The van der Waals surface area contributed by atoms with Gasteiger partial charge >= 0.3 is 0 Å². The van der Waals surface area contributed by atoms with Crippen LogP contribution in [0.2, 0.25) is 0 Å². The van der Waals surface area contributed by atoms with Gasteiger partial charge in [0.05, 0.1) is 29.0 Å². The fourth-order valence-corrected chi connectivity index (χ4v) is 7.33. The lowest BCUT2D eigenvalue weighted by atomic mass is 9.94. The Hall–Kier alpha value is -2.99. The fraction of sp³-hybridized carbons (Fsp3) is 0.500. The summed E-state index contributed by atoms with van der Waals surface area (Å²) >= 11 is 0. The summed E-state index contributed by atoms with van der Waals surface area (Å²) in [4.78, 5) is 20.7. The highest BCUT2D eigenvalue weighted by molar-refractivity contribution is 7.89. The summed E-state index contributed by atoms with van der Waals surface area (Å²) in [6, 6.07) is 13.9. The number of imidazole rings is 1. The van der Waals surface area contributed by atoms with Gasteiger partial charge in [0.2, 0.25) is 15.9 Å². The van der Waals surface area contributed by atoms with Crippen LogP contribution in [0.4, 0.5) is 0 Å². The highest BCUT2D eigenvalue weighted by Crippen LogP contribution is 2.32. The molecule has 0 spiro atoms. The van der Waals surface area contributed by atoms with Gasteiger partial charge < -0.3 is 24.7 Å². The van der Waals surface area contributed by atoms with Gasteiger partial charge in [-0.1, -0.05) is 18.2 Å². The molecule has 1 aromatic heterocycles. The van der Waals surface area contributed by atoms with E-state index in [9.17, 15) is 13.2 Å². The molecule has 5 rings (SSSR count). The second-order valence-corrected chi connectivity index (χ2v) is 12.3. The molecular weight excluding hydrogens is 518 g/mol. The molecule has 2 saturated heterocycles. The van der Waals surface area contributed by atoms with E-state index in [4.69, 9.17) is 20.2 Å². The van der Waals surface area contributed by atoms with Crippen molar-refractivity contribution in [3.05, 3.63) is 54.4 Å². The van der Waals surface area contributed by atoms with Crippen molar-refractivity contribution in [2.75, 3.05) is 47.0 Å². The molecular formula is C28H37N5O5S. The standard InChI is InChI=1S/C28H37N5O5S/c1-37-15-7-14-33-26-12-4-3-11-25(26)30-27(33)20-8-6-13-31(17-20)28(34)23-18-32(19-24(23)29)39(35,36)22-10-5-9-21(16-22)38-2/h3-5,9-12,16,20,23-24H,6-8,13-15,17-19,29H2,1-2H3/t20-,23-,24-/m1/s1. The van der Waals surface area contributed by atoms with E-state index in [1.54, 1.807) is 19.2 Å². The lowest BCUT2D eigenvalue weighted by molar-refractivity contribution is -0.136. The van der Waals surface area contributed by atoms with Crippen LogP contribution in [0.25, 0.3) is 11.0 Å². The second-order valence-electron chi connectivity index (χ2n) is 10.4. The molecule has 2 aromatic carbocycles. The van der Waals surface area contributed by atoms with Crippen molar-refractivity contribution in [1.82, 2.24) is 18.8 Å². The Morgan fingerprint density at radius 2 is 1.92 bits per heavy atom. The van der Waals surface area contributed by atoms with Gasteiger partial charge in [0.15, 0.2) is 0 Å². The van der Waals surface area contributed by atoms with Gasteiger partial charge in [-0.25, -0.2) is 13.4 Å². The van der Waals surface area contributed by atoms with Crippen LogP contribution in [0.15, 0.2) is 53.4 Å². The number of nitrogens with two attached hydrogens (primary N) is 1. The molecule has 0 unspecified atom stereocenters. The number of carbonyl (C=O) groups excluding carboxylic acids is 1. The SMILES string of the molecule is COCCCn1c([C@@H]2CCCN(C(=O)[C@@H]3CN(S(=O)(=O)c4cccc(OC)c4)C[C@H]3N)C2)nc2ccccc21. The van der Waals surface area contributed by atoms with E-state index in [0.29, 0.717) is 25.4 Å². The number of para-hydroxylation sites is 2. The monoisotopic (exact) mass is 555 g/mol. The molecule has 0 bridgehead atoms. The number of fused-ring (bicyclic) bond motifs is 1. The minimum absolute atomic E-state index is 0.0657. The summed E-state index contributed by atoms with van der Waals surface area (Å²) in [5.41, 5.74) is 8.43. The number of methoxy groups -OCH3 is 2. The molecule has 0 saturated carbocycles. The van der Waals surface area contributed by atoms with Crippen LogP contribution >= 0.6 is 0 Å². The average molecular weight is 556 g/mol. The number of benzene rings is 2. The van der Waals surface area contributed by atoms with Gasteiger partial charge in [-0.3, -0.25) is 4.79 Å². The first kappa shape index (κ1) is 27.6. The molecule has 11 heteroatoms. The summed E-state index contributed by atoms with van der Waals surface area (Å²) in [6.07, 6.45) is 2.66. The number of hydrogen-bond donors (Lipinski definition) is 1. The molecule has 39 heavy (non-hydrogen) atoms. The zero-order valence-electron chi connectivity index (χ0n) is 22.5. The smallest absolute Gasteiger partial charge is 0.243 e. The summed E-state index contributed by atoms with van der Waals surface area (Å²) in [6.45, 7) is 2.79. The molecule has 10 nitrogen and oxygen atoms in total. The van der Waals surface area contributed by atoms with Gasteiger partial charge in [0.1, 0.15) is 11.6 Å². The average Bonchev–Trinajstić information content (AvgIpc) is 3.54. The predicted octanol–water partition coefficient (Wildman–Crippen LogP) is 2.44. The first-order valence-electron chi connectivity index (χ1n) is 13.5. The molecule has 0 aliphatic carbocycles. The lowest BCUT2D eigenvalue weighted by Crippen LogP contribution is -2.47.